The molecule has 0 radical (unpaired) electrons. The molecule has 0 spiro atoms. The SMILES string of the molecule is Nc1cccc(Cl)c1N1CCOCC1CO. The van der Waals surface area contributed by atoms with Gasteiger partial charge in [0, 0.05) is 6.54 Å². The summed E-state index contributed by atoms with van der Waals surface area (Å²) < 4.78 is 5.32. The van der Waals surface area contributed by atoms with Gasteiger partial charge in [-0.2, -0.15) is 0 Å². The number of nitrogens with two attached hydrogens (primary N) is 1. The minimum absolute atomic E-state index is 0.0324. The second-order valence-corrected chi connectivity index (χ2v) is 4.19. The molecule has 1 aromatic rings. The molecule has 16 heavy (non-hydrogen) atoms. The number of aliphatic hydroxyl groups excluding tert-OH is 1. The standard InChI is InChI=1S/C11H15ClN2O2/c12-9-2-1-3-10(13)11(9)14-4-5-16-7-8(14)6-15/h1-3,8,15H,4-7,13H2. The minimum Gasteiger partial charge on any atom is -0.397 e. The Hall–Kier alpha value is -0.970. The summed E-state index contributed by atoms with van der Waals surface area (Å²) >= 11 is 6.14. The molecule has 0 aliphatic carbocycles. The molecule has 1 saturated heterocycles. The highest BCUT2D eigenvalue weighted by Gasteiger charge is 2.25. The maximum absolute atomic E-state index is 9.30. The van der Waals surface area contributed by atoms with E-state index < -0.39 is 0 Å². The van der Waals surface area contributed by atoms with Crippen LogP contribution in [0.4, 0.5) is 11.4 Å². The van der Waals surface area contributed by atoms with Crippen molar-refractivity contribution < 1.29 is 9.84 Å². The van der Waals surface area contributed by atoms with Gasteiger partial charge in [0.2, 0.25) is 0 Å². The van der Waals surface area contributed by atoms with Gasteiger partial charge >= 0.3 is 0 Å². The first kappa shape index (κ1) is 11.5. The molecule has 2 rings (SSSR count). The molecule has 1 heterocycles. The summed E-state index contributed by atoms with van der Waals surface area (Å²) in [4.78, 5) is 2.02. The van der Waals surface area contributed by atoms with Crippen LogP contribution in [0.15, 0.2) is 18.2 Å². The topological polar surface area (TPSA) is 58.7 Å². The van der Waals surface area contributed by atoms with E-state index in [0.29, 0.717) is 30.5 Å². The number of nitrogens with zero attached hydrogens (tertiary/aromatic N) is 1. The molecule has 1 aromatic carbocycles. The van der Waals surface area contributed by atoms with Crippen molar-refractivity contribution in [3.63, 3.8) is 0 Å². The second kappa shape index (κ2) is 4.91. The van der Waals surface area contributed by atoms with Crippen molar-refractivity contribution in [3.05, 3.63) is 23.2 Å². The van der Waals surface area contributed by atoms with E-state index in [1.54, 1.807) is 6.07 Å². The lowest BCUT2D eigenvalue weighted by Gasteiger charge is -2.37. The van der Waals surface area contributed by atoms with Crippen molar-refractivity contribution in [1.29, 1.82) is 0 Å². The van der Waals surface area contributed by atoms with Crippen LogP contribution in [-0.2, 0) is 4.74 Å². The van der Waals surface area contributed by atoms with Crippen LogP contribution in [0.3, 0.4) is 0 Å². The van der Waals surface area contributed by atoms with Gasteiger partial charge in [-0.3, -0.25) is 0 Å². The van der Waals surface area contributed by atoms with Crippen LogP contribution in [0, 0.1) is 0 Å². The minimum atomic E-state index is -0.0732. The van der Waals surface area contributed by atoms with E-state index >= 15 is 0 Å². The summed E-state index contributed by atoms with van der Waals surface area (Å²) in [5.74, 6) is 0. The van der Waals surface area contributed by atoms with Crippen LogP contribution >= 0.6 is 11.6 Å². The third-order valence-corrected chi connectivity index (χ3v) is 3.05. The molecule has 1 aliphatic heterocycles. The van der Waals surface area contributed by atoms with Gasteiger partial charge in [0.25, 0.3) is 0 Å². The molecule has 3 N–H and O–H groups in total. The first-order valence-corrected chi connectivity index (χ1v) is 5.61. The average molecular weight is 243 g/mol. The Morgan fingerprint density at radius 2 is 2.38 bits per heavy atom. The molecule has 0 saturated carbocycles. The molecule has 1 unspecified atom stereocenters. The molecule has 1 fully saturated rings. The van der Waals surface area contributed by atoms with Gasteiger partial charge in [-0.1, -0.05) is 17.7 Å². The zero-order valence-electron chi connectivity index (χ0n) is 8.90. The number of benzene rings is 1. The number of rotatable bonds is 2. The average Bonchev–Trinajstić information content (AvgIpc) is 2.29. The quantitative estimate of drug-likeness (QED) is 0.763. The lowest BCUT2D eigenvalue weighted by atomic mass is 10.1. The normalized spacial score (nSPS) is 21.1. The van der Waals surface area contributed by atoms with E-state index in [9.17, 15) is 5.11 Å². The van der Waals surface area contributed by atoms with Crippen molar-refractivity contribution in [2.75, 3.05) is 37.0 Å². The van der Waals surface area contributed by atoms with Crippen LogP contribution in [0.1, 0.15) is 0 Å². The number of hydrogen-bond donors (Lipinski definition) is 2. The van der Waals surface area contributed by atoms with Gasteiger partial charge in [0.1, 0.15) is 0 Å². The molecular formula is C11H15ClN2O2. The summed E-state index contributed by atoms with van der Waals surface area (Å²) in [6.45, 7) is 1.85. The predicted molar refractivity (Wildman–Crippen MR) is 64.9 cm³/mol. The summed E-state index contributed by atoms with van der Waals surface area (Å²) in [6, 6.07) is 5.36. The van der Waals surface area contributed by atoms with Gasteiger partial charge in [-0.05, 0) is 12.1 Å². The molecule has 4 nitrogen and oxygen atoms in total. The van der Waals surface area contributed by atoms with Gasteiger partial charge in [0.05, 0.1) is 42.3 Å². The van der Waals surface area contributed by atoms with Crippen LogP contribution in [-0.4, -0.2) is 37.5 Å². The summed E-state index contributed by atoms with van der Waals surface area (Å²) in [5.41, 5.74) is 7.35. The molecule has 1 atom stereocenters. The summed E-state index contributed by atoms with van der Waals surface area (Å²) in [7, 11) is 0. The lowest BCUT2D eigenvalue weighted by molar-refractivity contribution is 0.0728. The number of para-hydroxylation sites is 1. The van der Waals surface area contributed by atoms with Crippen molar-refractivity contribution in [2.24, 2.45) is 0 Å². The molecule has 1 aliphatic rings. The number of nitrogen functional groups attached to an aromatic ring is 1. The molecule has 0 aromatic heterocycles. The van der Waals surface area contributed by atoms with Crippen molar-refractivity contribution >= 4 is 23.0 Å². The zero-order valence-corrected chi connectivity index (χ0v) is 9.65. The largest absolute Gasteiger partial charge is 0.397 e. The maximum Gasteiger partial charge on any atom is 0.0794 e. The third kappa shape index (κ3) is 2.09. The predicted octanol–water partition coefficient (Wildman–Crippen LogP) is 1.12. The second-order valence-electron chi connectivity index (χ2n) is 3.78. The highest BCUT2D eigenvalue weighted by molar-refractivity contribution is 6.34. The Balaban J connectivity index is 2.34. The zero-order chi connectivity index (χ0) is 11.5. The Morgan fingerprint density at radius 1 is 1.56 bits per heavy atom. The van der Waals surface area contributed by atoms with Crippen LogP contribution in [0.2, 0.25) is 5.02 Å². The third-order valence-electron chi connectivity index (χ3n) is 2.74. The van der Waals surface area contributed by atoms with E-state index in [4.69, 9.17) is 22.1 Å². The van der Waals surface area contributed by atoms with E-state index in [1.165, 1.54) is 0 Å². The van der Waals surface area contributed by atoms with Gasteiger partial charge in [-0.25, -0.2) is 0 Å². The van der Waals surface area contributed by atoms with Gasteiger partial charge in [-0.15, -0.1) is 0 Å². The highest BCUT2D eigenvalue weighted by atomic mass is 35.5. The molecule has 0 bridgehead atoms. The Labute approximate surface area is 99.6 Å². The highest BCUT2D eigenvalue weighted by Crippen LogP contribution is 2.33. The summed E-state index contributed by atoms with van der Waals surface area (Å²) in [5, 5.41) is 9.91. The fraction of sp³-hybridized carbons (Fsp3) is 0.455. The van der Waals surface area contributed by atoms with Crippen molar-refractivity contribution in [3.8, 4) is 0 Å². The van der Waals surface area contributed by atoms with Crippen molar-refractivity contribution in [2.45, 2.75) is 6.04 Å². The monoisotopic (exact) mass is 242 g/mol. The number of anilines is 2. The lowest BCUT2D eigenvalue weighted by Crippen LogP contribution is -2.48. The number of ether oxygens (including phenoxy) is 1. The number of aliphatic hydroxyl groups is 1. The van der Waals surface area contributed by atoms with Crippen molar-refractivity contribution in [1.82, 2.24) is 0 Å². The molecule has 88 valence electrons. The van der Waals surface area contributed by atoms with E-state index in [-0.39, 0.29) is 12.6 Å². The smallest absolute Gasteiger partial charge is 0.0794 e. The molecular weight excluding hydrogens is 228 g/mol. The Kier molecular flexibility index (Phi) is 3.53. The first-order valence-electron chi connectivity index (χ1n) is 5.23. The fourth-order valence-corrected chi connectivity index (χ4v) is 2.23. The molecule has 0 amide bonds. The van der Waals surface area contributed by atoms with E-state index in [2.05, 4.69) is 0 Å². The number of halogens is 1. The Bertz CT molecular complexity index is 353. The number of morpholine rings is 1. The van der Waals surface area contributed by atoms with E-state index in [0.717, 1.165) is 5.69 Å². The van der Waals surface area contributed by atoms with E-state index in [1.807, 2.05) is 17.0 Å². The molecule has 5 heteroatoms. The summed E-state index contributed by atoms with van der Waals surface area (Å²) in [6.07, 6.45) is 0. The first-order chi connectivity index (χ1) is 7.74. The maximum atomic E-state index is 9.30. The fourth-order valence-electron chi connectivity index (χ4n) is 1.94. The van der Waals surface area contributed by atoms with Gasteiger partial charge < -0.3 is 20.5 Å². The van der Waals surface area contributed by atoms with Crippen LogP contribution in [0.25, 0.3) is 0 Å². The van der Waals surface area contributed by atoms with Crippen LogP contribution < -0.4 is 10.6 Å². The number of hydrogen-bond acceptors (Lipinski definition) is 4. The van der Waals surface area contributed by atoms with Gasteiger partial charge in [0.15, 0.2) is 0 Å². The Morgan fingerprint density at radius 3 is 3.06 bits per heavy atom. The van der Waals surface area contributed by atoms with Crippen LogP contribution in [0.5, 0.6) is 0 Å².